The molecule has 1 aliphatic carbocycles. The smallest absolute Gasteiger partial charge is 0.0534 e. The third-order valence-electron chi connectivity index (χ3n) is 3.79. The zero-order chi connectivity index (χ0) is 11.9. The second-order valence-electron chi connectivity index (χ2n) is 5.17. The van der Waals surface area contributed by atoms with Crippen LogP contribution in [0.5, 0.6) is 0 Å². The minimum atomic E-state index is 0.960. The van der Waals surface area contributed by atoms with E-state index in [0.717, 1.165) is 25.6 Å². The molecule has 17 heavy (non-hydrogen) atoms. The number of hydrogen-bond donors (Lipinski definition) is 1. The van der Waals surface area contributed by atoms with Gasteiger partial charge in [0.25, 0.3) is 0 Å². The molecule has 1 N–H and O–H groups in total. The second-order valence-corrected chi connectivity index (χ2v) is 5.17. The number of nitrogens with zero attached hydrogens (tertiary/aromatic N) is 2. The molecule has 1 aliphatic rings. The molecule has 0 bridgehead atoms. The highest BCUT2D eigenvalue weighted by molar-refractivity contribution is 5.02. The van der Waals surface area contributed by atoms with E-state index in [-0.39, 0.29) is 0 Å². The maximum atomic E-state index is 4.28. The van der Waals surface area contributed by atoms with Crippen LogP contribution in [0, 0.1) is 5.92 Å². The molecule has 0 aliphatic heterocycles. The molecule has 3 heteroatoms. The van der Waals surface area contributed by atoms with E-state index in [1.165, 1.54) is 44.1 Å². The molecule has 0 saturated heterocycles. The molecule has 0 radical (unpaired) electrons. The Hall–Kier alpha value is -0.830. The summed E-state index contributed by atoms with van der Waals surface area (Å²) < 4.78 is 1.98. The third-order valence-corrected chi connectivity index (χ3v) is 3.79. The van der Waals surface area contributed by atoms with Crippen LogP contribution in [0.2, 0.25) is 0 Å². The van der Waals surface area contributed by atoms with Gasteiger partial charge in [0.1, 0.15) is 0 Å². The van der Waals surface area contributed by atoms with E-state index in [1.807, 2.05) is 10.9 Å². The Morgan fingerprint density at radius 2 is 2.18 bits per heavy atom. The zero-order valence-electron chi connectivity index (χ0n) is 11.0. The van der Waals surface area contributed by atoms with E-state index in [2.05, 4.69) is 23.5 Å². The summed E-state index contributed by atoms with van der Waals surface area (Å²) in [6.07, 6.45) is 12.7. The average molecular weight is 235 g/mol. The fraction of sp³-hybridized carbons (Fsp3) is 0.786. The van der Waals surface area contributed by atoms with Gasteiger partial charge in [0.05, 0.1) is 6.20 Å². The first-order chi connectivity index (χ1) is 8.38. The van der Waals surface area contributed by atoms with Gasteiger partial charge in [-0.05, 0) is 25.8 Å². The lowest BCUT2D eigenvalue weighted by Gasteiger charge is -2.21. The van der Waals surface area contributed by atoms with Gasteiger partial charge in [-0.3, -0.25) is 4.68 Å². The standard InChI is InChI=1S/C14H25N3/c1-2-17-12-14(11-16-17)10-15-9-8-13-6-4-3-5-7-13/h11-13,15H,2-10H2,1H3. The largest absolute Gasteiger partial charge is 0.313 e. The van der Waals surface area contributed by atoms with E-state index < -0.39 is 0 Å². The summed E-state index contributed by atoms with van der Waals surface area (Å²) in [5.74, 6) is 0.981. The van der Waals surface area contributed by atoms with Crippen molar-refractivity contribution in [3.63, 3.8) is 0 Å². The van der Waals surface area contributed by atoms with E-state index in [0.29, 0.717) is 0 Å². The fourth-order valence-electron chi connectivity index (χ4n) is 2.69. The lowest BCUT2D eigenvalue weighted by molar-refractivity contribution is 0.334. The molecule has 0 amide bonds. The Kier molecular flexibility index (Phi) is 5.05. The average Bonchev–Trinajstić information content (AvgIpc) is 2.84. The summed E-state index contributed by atoms with van der Waals surface area (Å²) in [4.78, 5) is 0. The summed E-state index contributed by atoms with van der Waals surface area (Å²) in [6.45, 7) is 5.20. The zero-order valence-corrected chi connectivity index (χ0v) is 11.0. The molecule has 0 unspecified atom stereocenters. The quantitative estimate of drug-likeness (QED) is 0.768. The van der Waals surface area contributed by atoms with E-state index >= 15 is 0 Å². The van der Waals surface area contributed by atoms with Crippen LogP contribution in [0.4, 0.5) is 0 Å². The molecule has 1 heterocycles. The van der Waals surface area contributed by atoms with Crippen molar-refractivity contribution < 1.29 is 0 Å². The van der Waals surface area contributed by atoms with Gasteiger partial charge in [0, 0.05) is 24.8 Å². The van der Waals surface area contributed by atoms with Gasteiger partial charge in [-0.15, -0.1) is 0 Å². The van der Waals surface area contributed by atoms with E-state index in [4.69, 9.17) is 0 Å². The van der Waals surface area contributed by atoms with Gasteiger partial charge in [-0.2, -0.15) is 5.10 Å². The Bertz CT molecular complexity index is 313. The van der Waals surface area contributed by atoms with Gasteiger partial charge >= 0.3 is 0 Å². The predicted octanol–water partition coefficient (Wildman–Crippen LogP) is 2.96. The van der Waals surface area contributed by atoms with Gasteiger partial charge in [-0.25, -0.2) is 0 Å². The molecule has 1 fully saturated rings. The molecule has 96 valence electrons. The number of nitrogens with one attached hydrogen (secondary N) is 1. The van der Waals surface area contributed by atoms with Crippen molar-refractivity contribution in [1.29, 1.82) is 0 Å². The Labute approximate surface area is 105 Å². The van der Waals surface area contributed by atoms with Crippen LogP contribution in [0.1, 0.15) is 51.0 Å². The van der Waals surface area contributed by atoms with Crippen molar-refractivity contribution in [3.05, 3.63) is 18.0 Å². The second kappa shape index (κ2) is 6.80. The molecule has 1 aromatic rings. The molecule has 0 atom stereocenters. The van der Waals surface area contributed by atoms with Crippen molar-refractivity contribution in [2.75, 3.05) is 6.54 Å². The first-order valence-corrected chi connectivity index (χ1v) is 7.10. The van der Waals surface area contributed by atoms with Crippen LogP contribution in [0.15, 0.2) is 12.4 Å². The van der Waals surface area contributed by atoms with Crippen LogP contribution in [0.25, 0.3) is 0 Å². The first-order valence-electron chi connectivity index (χ1n) is 7.10. The third kappa shape index (κ3) is 4.15. The summed E-state index contributed by atoms with van der Waals surface area (Å²) in [7, 11) is 0. The fourth-order valence-corrected chi connectivity index (χ4v) is 2.69. The monoisotopic (exact) mass is 235 g/mol. The van der Waals surface area contributed by atoms with Crippen LogP contribution >= 0.6 is 0 Å². The van der Waals surface area contributed by atoms with Crippen LogP contribution in [-0.2, 0) is 13.1 Å². The maximum Gasteiger partial charge on any atom is 0.0534 e. The molecule has 0 spiro atoms. The van der Waals surface area contributed by atoms with Crippen molar-refractivity contribution in [2.45, 2.75) is 58.5 Å². The number of aryl methyl sites for hydroxylation is 1. The lowest BCUT2D eigenvalue weighted by Crippen LogP contribution is -2.18. The van der Waals surface area contributed by atoms with Crippen molar-refractivity contribution >= 4 is 0 Å². The molecule has 1 saturated carbocycles. The number of rotatable bonds is 6. The number of hydrogen-bond acceptors (Lipinski definition) is 2. The maximum absolute atomic E-state index is 4.28. The summed E-state index contributed by atoms with van der Waals surface area (Å²) in [5, 5.41) is 7.81. The van der Waals surface area contributed by atoms with E-state index in [1.54, 1.807) is 0 Å². The minimum absolute atomic E-state index is 0.960. The highest BCUT2D eigenvalue weighted by Gasteiger charge is 2.12. The Balaban J connectivity index is 1.59. The van der Waals surface area contributed by atoms with Gasteiger partial charge in [-0.1, -0.05) is 32.1 Å². The van der Waals surface area contributed by atoms with Crippen molar-refractivity contribution in [3.8, 4) is 0 Å². The van der Waals surface area contributed by atoms with Crippen LogP contribution < -0.4 is 5.32 Å². The summed E-state index contributed by atoms with van der Waals surface area (Å²) in [6, 6.07) is 0. The molecule has 3 nitrogen and oxygen atoms in total. The van der Waals surface area contributed by atoms with Crippen molar-refractivity contribution in [2.24, 2.45) is 5.92 Å². The predicted molar refractivity (Wildman–Crippen MR) is 70.8 cm³/mol. The summed E-state index contributed by atoms with van der Waals surface area (Å²) in [5.41, 5.74) is 1.30. The van der Waals surface area contributed by atoms with Gasteiger partial charge in [0.2, 0.25) is 0 Å². The summed E-state index contributed by atoms with van der Waals surface area (Å²) >= 11 is 0. The first kappa shape index (κ1) is 12.6. The lowest BCUT2D eigenvalue weighted by atomic mass is 9.87. The highest BCUT2D eigenvalue weighted by Crippen LogP contribution is 2.25. The molecular formula is C14H25N3. The van der Waals surface area contributed by atoms with Crippen LogP contribution in [0.3, 0.4) is 0 Å². The normalized spacial score (nSPS) is 17.5. The highest BCUT2D eigenvalue weighted by atomic mass is 15.3. The van der Waals surface area contributed by atoms with E-state index in [9.17, 15) is 0 Å². The topological polar surface area (TPSA) is 29.9 Å². The van der Waals surface area contributed by atoms with Crippen LogP contribution in [-0.4, -0.2) is 16.3 Å². The molecule has 1 aromatic heterocycles. The molecular weight excluding hydrogens is 210 g/mol. The Morgan fingerprint density at radius 1 is 1.35 bits per heavy atom. The molecule has 0 aromatic carbocycles. The minimum Gasteiger partial charge on any atom is -0.313 e. The van der Waals surface area contributed by atoms with Crippen molar-refractivity contribution in [1.82, 2.24) is 15.1 Å². The SMILES string of the molecule is CCn1cc(CNCCC2CCCCC2)cn1. The number of aromatic nitrogens is 2. The van der Waals surface area contributed by atoms with Gasteiger partial charge in [0.15, 0.2) is 0 Å². The molecule has 2 rings (SSSR count). The Morgan fingerprint density at radius 3 is 2.88 bits per heavy atom. The van der Waals surface area contributed by atoms with Gasteiger partial charge < -0.3 is 5.32 Å².